The van der Waals surface area contributed by atoms with Gasteiger partial charge in [0.05, 0.1) is 11.9 Å². The topological polar surface area (TPSA) is 75.2 Å². The minimum absolute atomic E-state index is 0.120. The van der Waals surface area contributed by atoms with E-state index in [9.17, 15) is 14.0 Å². The van der Waals surface area contributed by atoms with Crippen LogP contribution in [0.2, 0.25) is 0 Å². The molecule has 0 atom stereocenters. The Morgan fingerprint density at radius 1 is 1.32 bits per heavy atom. The van der Waals surface area contributed by atoms with E-state index in [1.54, 1.807) is 27.9 Å². The number of amides is 2. The normalized spacial score (nSPS) is 10.4. The maximum Gasteiger partial charge on any atom is 0.276 e. The highest BCUT2D eigenvalue weighted by Crippen LogP contribution is 2.24. The third-order valence-electron chi connectivity index (χ3n) is 2.88. The molecular formula is C14H15FN4O2S. The van der Waals surface area contributed by atoms with Gasteiger partial charge in [0.15, 0.2) is 5.13 Å². The van der Waals surface area contributed by atoms with Crippen LogP contribution in [-0.4, -0.2) is 40.8 Å². The van der Waals surface area contributed by atoms with E-state index in [-0.39, 0.29) is 11.6 Å². The summed E-state index contributed by atoms with van der Waals surface area (Å²) in [4.78, 5) is 34.0. The molecule has 0 saturated carbocycles. The van der Waals surface area contributed by atoms with Crippen LogP contribution in [0.25, 0.3) is 0 Å². The molecule has 1 N–H and O–H groups in total. The molecule has 2 heterocycles. The average Bonchev–Trinajstić information content (AvgIpc) is 2.78. The van der Waals surface area contributed by atoms with Gasteiger partial charge in [0.2, 0.25) is 0 Å². The van der Waals surface area contributed by atoms with E-state index in [1.807, 2.05) is 0 Å². The van der Waals surface area contributed by atoms with Gasteiger partial charge in [0.1, 0.15) is 16.4 Å². The van der Waals surface area contributed by atoms with Crippen molar-refractivity contribution in [2.75, 3.05) is 19.4 Å². The second-order valence-corrected chi connectivity index (χ2v) is 5.91. The summed E-state index contributed by atoms with van der Waals surface area (Å²) in [5.74, 6) is -1.17. The Hall–Kier alpha value is -2.35. The number of aromatic nitrogens is 2. The van der Waals surface area contributed by atoms with Crippen molar-refractivity contribution < 1.29 is 14.0 Å². The fraction of sp³-hybridized carbons (Fsp3) is 0.286. The van der Waals surface area contributed by atoms with Gasteiger partial charge >= 0.3 is 0 Å². The summed E-state index contributed by atoms with van der Waals surface area (Å²) in [6.07, 6.45) is 0.982. The van der Waals surface area contributed by atoms with Crippen LogP contribution < -0.4 is 5.32 Å². The number of pyridine rings is 1. The lowest BCUT2D eigenvalue weighted by atomic mass is 10.2. The molecule has 0 bridgehead atoms. The highest BCUT2D eigenvalue weighted by Gasteiger charge is 2.19. The SMILES string of the molecule is Cc1cc(F)cnc1C(=O)Nc1nc(C)c(C(=O)N(C)C)s1. The fourth-order valence-corrected chi connectivity index (χ4v) is 2.77. The maximum atomic E-state index is 13.0. The monoisotopic (exact) mass is 322 g/mol. The zero-order valence-corrected chi connectivity index (χ0v) is 13.4. The zero-order chi connectivity index (χ0) is 16.4. The predicted octanol–water partition coefficient (Wildman–Crippen LogP) is 2.25. The number of thiazole rings is 1. The summed E-state index contributed by atoms with van der Waals surface area (Å²) in [5.41, 5.74) is 1.09. The molecule has 0 radical (unpaired) electrons. The quantitative estimate of drug-likeness (QED) is 0.940. The number of anilines is 1. The largest absolute Gasteiger partial charge is 0.344 e. The second kappa shape index (κ2) is 6.18. The van der Waals surface area contributed by atoms with Gasteiger partial charge in [-0.25, -0.2) is 14.4 Å². The molecule has 2 aromatic heterocycles. The predicted molar refractivity (Wildman–Crippen MR) is 81.8 cm³/mol. The summed E-state index contributed by atoms with van der Waals surface area (Å²) in [6.45, 7) is 3.30. The van der Waals surface area contributed by atoms with Crippen LogP contribution in [0.15, 0.2) is 12.3 Å². The molecule has 2 amide bonds. The van der Waals surface area contributed by atoms with Gasteiger partial charge in [-0.15, -0.1) is 0 Å². The molecular weight excluding hydrogens is 307 g/mol. The van der Waals surface area contributed by atoms with E-state index in [0.29, 0.717) is 21.3 Å². The molecule has 0 aliphatic rings. The number of nitrogens with one attached hydrogen (secondary N) is 1. The van der Waals surface area contributed by atoms with E-state index in [1.165, 1.54) is 11.0 Å². The first-order valence-corrected chi connectivity index (χ1v) is 7.24. The Labute approximate surface area is 131 Å². The van der Waals surface area contributed by atoms with Crippen LogP contribution in [0.3, 0.4) is 0 Å². The van der Waals surface area contributed by atoms with Gasteiger partial charge in [-0.1, -0.05) is 11.3 Å². The van der Waals surface area contributed by atoms with Crippen LogP contribution >= 0.6 is 11.3 Å². The molecule has 2 aromatic rings. The number of hydrogen-bond donors (Lipinski definition) is 1. The van der Waals surface area contributed by atoms with E-state index in [0.717, 1.165) is 17.5 Å². The highest BCUT2D eigenvalue weighted by atomic mass is 32.1. The minimum atomic E-state index is -0.502. The Morgan fingerprint density at radius 3 is 2.59 bits per heavy atom. The van der Waals surface area contributed by atoms with Crippen molar-refractivity contribution in [3.8, 4) is 0 Å². The lowest BCUT2D eigenvalue weighted by Crippen LogP contribution is -2.21. The second-order valence-electron chi connectivity index (χ2n) is 4.91. The van der Waals surface area contributed by atoms with Gasteiger partial charge in [0.25, 0.3) is 11.8 Å². The fourth-order valence-electron chi connectivity index (χ4n) is 1.79. The molecule has 0 saturated heterocycles. The number of rotatable bonds is 3. The molecule has 0 unspecified atom stereocenters. The van der Waals surface area contributed by atoms with Crippen molar-refractivity contribution in [1.82, 2.24) is 14.9 Å². The Morgan fingerprint density at radius 2 is 2.00 bits per heavy atom. The Kier molecular flexibility index (Phi) is 4.51. The van der Waals surface area contributed by atoms with Gasteiger partial charge in [-0.2, -0.15) is 0 Å². The molecule has 8 heteroatoms. The highest BCUT2D eigenvalue weighted by molar-refractivity contribution is 7.17. The first-order valence-electron chi connectivity index (χ1n) is 6.42. The molecule has 0 aromatic carbocycles. The van der Waals surface area contributed by atoms with Crippen LogP contribution in [0.1, 0.15) is 31.4 Å². The molecule has 0 aliphatic carbocycles. The first-order chi connectivity index (χ1) is 10.3. The summed E-state index contributed by atoms with van der Waals surface area (Å²) < 4.78 is 13.0. The average molecular weight is 322 g/mol. The van der Waals surface area contributed by atoms with Crippen LogP contribution in [0, 0.1) is 19.7 Å². The van der Waals surface area contributed by atoms with Crippen molar-refractivity contribution in [3.63, 3.8) is 0 Å². The summed E-state index contributed by atoms with van der Waals surface area (Å²) >= 11 is 1.09. The van der Waals surface area contributed by atoms with Crippen LogP contribution in [0.4, 0.5) is 9.52 Å². The third-order valence-corrected chi connectivity index (χ3v) is 3.94. The van der Waals surface area contributed by atoms with E-state index in [2.05, 4.69) is 15.3 Å². The lowest BCUT2D eigenvalue weighted by molar-refractivity contribution is 0.0831. The number of carbonyl (C=O) groups is 2. The number of aryl methyl sites for hydroxylation is 2. The third kappa shape index (κ3) is 3.28. The van der Waals surface area contributed by atoms with Crippen molar-refractivity contribution in [2.45, 2.75) is 13.8 Å². The molecule has 0 spiro atoms. The number of halogens is 1. The van der Waals surface area contributed by atoms with Gasteiger partial charge < -0.3 is 4.90 Å². The van der Waals surface area contributed by atoms with E-state index in [4.69, 9.17) is 0 Å². The Bertz CT molecular complexity index is 742. The first kappa shape index (κ1) is 16.0. The van der Waals surface area contributed by atoms with Crippen LogP contribution in [-0.2, 0) is 0 Å². The number of nitrogens with zero attached hydrogens (tertiary/aromatic N) is 3. The maximum absolute atomic E-state index is 13.0. The number of hydrogen-bond acceptors (Lipinski definition) is 5. The number of carbonyl (C=O) groups excluding carboxylic acids is 2. The smallest absolute Gasteiger partial charge is 0.276 e. The minimum Gasteiger partial charge on any atom is -0.344 e. The van der Waals surface area contributed by atoms with E-state index >= 15 is 0 Å². The summed E-state index contributed by atoms with van der Waals surface area (Å²) in [6, 6.07) is 1.23. The standard InChI is InChI=1S/C14H15FN4O2S/c1-7-5-9(15)6-16-10(7)12(20)18-14-17-8(2)11(22-14)13(21)19(3)4/h5-6H,1-4H3,(H,17,18,20). The van der Waals surface area contributed by atoms with E-state index < -0.39 is 11.7 Å². The van der Waals surface area contributed by atoms with Crippen LogP contribution in [0.5, 0.6) is 0 Å². The van der Waals surface area contributed by atoms with Crippen molar-refractivity contribution >= 4 is 28.3 Å². The van der Waals surface area contributed by atoms with Crippen molar-refractivity contribution in [2.24, 2.45) is 0 Å². The molecule has 22 heavy (non-hydrogen) atoms. The molecule has 116 valence electrons. The Balaban J connectivity index is 2.22. The zero-order valence-electron chi connectivity index (χ0n) is 12.6. The van der Waals surface area contributed by atoms with Gasteiger partial charge in [0, 0.05) is 14.1 Å². The molecule has 0 fully saturated rings. The summed E-state index contributed by atoms with van der Waals surface area (Å²) in [7, 11) is 3.29. The molecule has 2 rings (SSSR count). The van der Waals surface area contributed by atoms with Crippen molar-refractivity contribution in [1.29, 1.82) is 0 Å². The van der Waals surface area contributed by atoms with Gasteiger partial charge in [-0.3, -0.25) is 14.9 Å². The molecule has 6 nitrogen and oxygen atoms in total. The lowest BCUT2D eigenvalue weighted by Gasteiger charge is -2.07. The summed E-state index contributed by atoms with van der Waals surface area (Å²) in [5, 5.41) is 2.89. The molecule has 0 aliphatic heterocycles. The van der Waals surface area contributed by atoms with Crippen molar-refractivity contribution in [3.05, 3.63) is 39.9 Å². The van der Waals surface area contributed by atoms with Gasteiger partial charge in [-0.05, 0) is 25.5 Å².